The number of aliphatic carboxylic acids is 1. The van der Waals surface area contributed by atoms with Crippen LogP contribution in [-0.2, 0) is 4.79 Å². The second-order valence-electron chi connectivity index (χ2n) is 7.70. The molecule has 0 bridgehead atoms. The van der Waals surface area contributed by atoms with Crippen molar-refractivity contribution in [3.63, 3.8) is 0 Å². The maximum Gasteiger partial charge on any atom is 0.326 e. The molecule has 9 heteroatoms. The van der Waals surface area contributed by atoms with Gasteiger partial charge in [0.05, 0.1) is 15.6 Å². The molecular weight excluding hydrogens is 475 g/mol. The first-order valence-corrected chi connectivity index (χ1v) is 11.3. The molecule has 3 rings (SSSR count). The molecule has 0 saturated carbocycles. The summed E-state index contributed by atoms with van der Waals surface area (Å²) in [5.74, 6) is -1.19. The lowest BCUT2D eigenvalue weighted by Gasteiger charge is -2.26. The molecule has 0 fully saturated rings. The van der Waals surface area contributed by atoms with E-state index in [9.17, 15) is 14.7 Å². The van der Waals surface area contributed by atoms with Gasteiger partial charge in [0.15, 0.2) is 0 Å². The fraction of sp³-hybridized carbons (Fsp3) is 0.200. The zero-order valence-corrected chi connectivity index (χ0v) is 20.2. The minimum absolute atomic E-state index is 0.0498. The monoisotopic (exact) mass is 498 g/mol. The van der Waals surface area contributed by atoms with Crippen molar-refractivity contribution in [3.05, 3.63) is 88.2 Å². The lowest BCUT2D eigenvalue weighted by Crippen LogP contribution is -2.40. The number of halogens is 2. The second kappa shape index (κ2) is 11.6. The van der Waals surface area contributed by atoms with Crippen LogP contribution in [0.3, 0.4) is 0 Å². The van der Waals surface area contributed by atoms with Crippen LogP contribution in [0.2, 0.25) is 10.0 Å². The molecule has 1 atom stereocenters. The van der Waals surface area contributed by atoms with Gasteiger partial charge in [-0.25, -0.2) is 14.8 Å². The standard InChI is InChI=1S/C25H24Cl2N4O3/c1-16(2)31(25-28-14-5-15-29-25)18-12-10-17(11-13-18)6-3-9-21(24(33)34)30-23(32)22-19(26)7-4-8-20(22)27/h3-8,10-16,21H,9H2,1-2H3,(H,30,32)(H,33,34). The van der Waals surface area contributed by atoms with E-state index in [1.54, 1.807) is 36.7 Å². The summed E-state index contributed by atoms with van der Waals surface area (Å²) >= 11 is 12.1. The maximum absolute atomic E-state index is 12.5. The first-order chi connectivity index (χ1) is 16.3. The van der Waals surface area contributed by atoms with Gasteiger partial charge in [0, 0.05) is 24.1 Å². The molecule has 2 N–H and O–H groups in total. The van der Waals surface area contributed by atoms with E-state index >= 15 is 0 Å². The molecule has 7 nitrogen and oxygen atoms in total. The molecule has 0 aliphatic carbocycles. The minimum atomic E-state index is -1.16. The summed E-state index contributed by atoms with van der Waals surface area (Å²) in [6, 6.07) is 13.2. The smallest absolute Gasteiger partial charge is 0.326 e. The summed E-state index contributed by atoms with van der Waals surface area (Å²) in [4.78, 5) is 34.9. The Balaban J connectivity index is 1.68. The van der Waals surface area contributed by atoms with Crippen LogP contribution in [0.15, 0.2) is 67.0 Å². The zero-order valence-electron chi connectivity index (χ0n) is 18.7. The van der Waals surface area contributed by atoms with Crippen LogP contribution in [0.4, 0.5) is 11.6 Å². The van der Waals surface area contributed by atoms with Crippen LogP contribution >= 0.6 is 23.2 Å². The Labute approximate surface area is 208 Å². The number of aromatic nitrogens is 2. The highest BCUT2D eigenvalue weighted by atomic mass is 35.5. The van der Waals surface area contributed by atoms with E-state index in [1.165, 1.54) is 12.1 Å². The maximum atomic E-state index is 12.5. The Kier molecular flexibility index (Phi) is 8.62. The van der Waals surface area contributed by atoms with E-state index in [1.807, 2.05) is 29.2 Å². The number of rotatable bonds is 9. The molecule has 1 amide bonds. The summed E-state index contributed by atoms with van der Waals surface area (Å²) in [6.07, 6.45) is 6.98. The van der Waals surface area contributed by atoms with E-state index in [0.717, 1.165) is 11.3 Å². The van der Waals surface area contributed by atoms with Gasteiger partial charge < -0.3 is 15.3 Å². The average molecular weight is 499 g/mol. The van der Waals surface area contributed by atoms with Crippen molar-refractivity contribution in [2.75, 3.05) is 4.90 Å². The molecule has 0 spiro atoms. The highest BCUT2D eigenvalue weighted by Crippen LogP contribution is 2.26. The fourth-order valence-corrected chi connectivity index (χ4v) is 3.88. The molecule has 0 aliphatic heterocycles. The van der Waals surface area contributed by atoms with Crippen molar-refractivity contribution < 1.29 is 14.7 Å². The number of amides is 1. The Morgan fingerprint density at radius 2 is 1.65 bits per heavy atom. The lowest BCUT2D eigenvalue weighted by atomic mass is 10.1. The molecule has 1 heterocycles. The van der Waals surface area contributed by atoms with Gasteiger partial charge in [-0.3, -0.25) is 4.79 Å². The quantitative estimate of drug-likeness (QED) is 0.397. The highest BCUT2D eigenvalue weighted by molar-refractivity contribution is 6.39. The van der Waals surface area contributed by atoms with E-state index < -0.39 is 17.9 Å². The topological polar surface area (TPSA) is 95.4 Å². The average Bonchev–Trinajstić information content (AvgIpc) is 2.80. The number of carbonyl (C=O) groups excluding carboxylic acids is 1. The first kappa shape index (κ1) is 25.2. The predicted molar refractivity (Wildman–Crippen MR) is 135 cm³/mol. The molecule has 0 radical (unpaired) electrons. The van der Waals surface area contributed by atoms with Crippen molar-refractivity contribution in [1.82, 2.24) is 15.3 Å². The summed E-state index contributed by atoms with van der Waals surface area (Å²) in [5.41, 5.74) is 1.87. The summed E-state index contributed by atoms with van der Waals surface area (Å²) in [5, 5.41) is 12.3. The van der Waals surface area contributed by atoms with Gasteiger partial charge in [-0.15, -0.1) is 0 Å². The van der Waals surface area contributed by atoms with Crippen molar-refractivity contribution in [2.45, 2.75) is 32.4 Å². The van der Waals surface area contributed by atoms with Gasteiger partial charge in [0.1, 0.15) is 6.04 Å². The lowest BCUT2D eigenvalue weighted by molar-refractivity contribution is -0.139. The molecule has 176 valence electrons. The van der Waals surface area contributed by atoms with Crippen molar-refractivity contribution in [1.29, 1.82) is 0 Å². The van der Waals surface area contributed by atoms with Crippen molar-refractivity contribution in [2.24, 2.45) is 0 Å². The van der Waals surface area contributed by atoms with E-state index in [-0.39, 0.29) is 28.1 Å². The van der Waals surface area contributed by atoms with Gasteiger partial charge in [0.25, 0.3) is 5.91 Å². The van der Waals surface area contributed by atoms with Crippen LogP contribution < -0.4 is 10.2 Å². The molecular formula is C25H24Cl2N4O3. The third kappa shape index (κ3) is 6.34. The predicted octanol–water partition coefficient (Wildman–Crippen LogP) is 5.62. The number of anilines is 2. The van der Waals surface area contributed by atoms with E-state index in [0.29, 0.717) is 5.95 Å². The SMILES string of the molecule is CC(C)N(c1ccc(C=CCC(NC(=O)c2c(Cl)cccc2Cl)C(=O)O)cc1)c1ncccn1. The zero-order chi connectivity index (χ0) is 24.7. The van der Waals surface area contributed by atoms with Gasteiger partial charge in [0.2, 0.25) is 5.95 Å². The van der Waals surface area contributed by atoms with E-state index in [2.05, 4.69) is 29.1 Å². The number of benzene rings is 2. The number of nitrogens with zero attached hydrogens (tertiary/aromatic N) is 3. The summed E-state index contributed by atoms with van der Waals surface area (Å²) in [6.45, 7) is 4.11. The van der Waals surface area contributed by atoms with Gasteiger partial charge in [-0.2, -0.15) is 0 Å². The first-order valence-electron chi connectivity index (χ1n) is 10.6. The van der Waals surface area contributed by atoms with Crippen LogP contribution in [0.5, 0.6) is 0 Å². The number of carboxylic acids is 1. The van der Waals surface area contributed by atoms with E-state index in [4.69, 9.17) is 23.2 Å². The molecule has 0 aliphatic rings. The van der Waals surface area contributed by atoms with Gasteiger partial charge >= 0.3 is 5.97 Å². The number of nitrogens with one attached hydrogen (secondary N) is 1. The minimum Gasteiger partial charge on any atom is -0.480 e. The number of carbonyl (C=O) groups is 2. The molecule has 0 saturated heterocycles. The largest absolute Gasteiger partial charge is 0.480 e. The third-order valence-electron chi connectivity index (χ3n) is 4.93. The Morgan fingerprint density at radius 1 is 1.03 bits per heavy atom. The molecule has 2 aromatic carbocycles. The number of hydrogen-bond donors (Lipinski definition) is 2. The number of hydrogen-bond acceptors (Lipinski definition) is 5. The Morgan fingerprint density at radius 3 is 2.21 bits per heavy atom. The van der Waals surface area contributed by atoms with Crippen LogP contribution in [0.1, 0.15) is 36.2 Å². The molecule has 1 aromatic heterocycles. The molecule has 3 aromatic rings. The number of carboxylic acid groups (broad SMARTS) is 1. The van der Waals surface area contributed by atoms with Gasteiger partial charge in [-0.05, 0) is 56.2 Å². The molecule has 34 heavy (non-hydrogen) atoms. The van der Waals surface area contributed by atoms with Crippen LogP contribution in [0, 0.1) is 0 Å². The molecule has 1 unspecified atom stereocenters. The fourth-order valence-electron chi connectivity index (χ4n) is 3.31. The summed E-state index contributed by atoms with van der Waals surface area (Å²) < 4.78 is 0. The van der Waals surface area contributed by atoms with Crippen molar-refractivity contribution >= 4 is 52.8 Å². The second-order valence-corrected chi connectivity index (χ2v) is 8.52. The normalized spacial score (nSPS) is 12.0. The van der Waals surface area contributed by atoms with Crippen molar-refractivity contribution in [3.8, 4) is 0 Å². The van der Waals surface area contributed by atoms with Crippen LogP contribution in [0.25, 0.3) is 6.08 Å². The summed E-state index contributed by atoms with van der Waals surface area (Å²) in [7, 11) is 0. The van der Waals surface area contributed by atoms with Gasteiger partial charge in [-0.1, -0.05) is 53.6 Å². The highest BCUT2D eigenvalue weighted by Gasteiger charge is 2.22. The third-order valence-corrected chi connectivity index (χ3v) is 5.56. The Bertz CT molecular complexity index is 1150. The van der Waals surface area contributed by atoms with Crippen LogP contribution in [-0.4, -0.2) is 39.0 Å². The Hall–Kier alpha value is -3.42.